The minimum absolute atomic E-state index is 0.298. The molecule has 2 bridgehead atoms. The van der Waals surface area contributed by atoms with Crippen molar-refractivity contribution in [3.63, 3.8) is 0 Å². The van der Waals surface area contributed by atoms with E-state index in [1.165, 1.54) is 0 Å². The minimum Gasteiger partial charge on any atom is -0.157 e. The Morgan fingerprint density at radius 3 is 2.56 bits per heavy atom. The Labute approximate surface area is 120 Å². The van der Waals surface area contributed by atoms with Crippen LogP contribution in [0.3, 0.4) is 0 Å². The lowest BCUT2D eigenvalue weighted by Gasteiger charge is -2.29. The van der Waals surface area contributed by atoms with E-state index >= 15 is 0 Å². The van der Waals surface area contributed by atoms with E-state index in [1.54, 1.807) is 11.8 Å². The van der Waals surface area contributed by atoms with Crippen molar-refractivity contribution in [2.45, 2.75) is 22.6 Å². The summed E-state index contributed by atoms with van der Waals surface area (Å²) in [6, 6.07) is 0. The first-order chi connectivity index (χ1) is 7.44. The first kappa shape index (κ1) is 13.4. The van der Waals surface area contributed by atoms with Gasteiger partial charge in [0, 0.05) is 5.75 Å². The molecule has 0 aromatic carbocycles. The maximum atomic E-state index is 6.58. The van der Waals surface area contributed by atoms with Gasteiger partial charge in [-0.05, 0) is 24.5 Å². The molecule has 5 heteroatoms. The van der Waals surface area contributed by atoms with Gasteiger partial charge < -0.3 is 0 Å². The van der Waals surface area contributed by atoms with E-state index in [9.17, 15) is 0 Å². The Kier molecular flexibility index (Phi) is 3.85. The maximum Gasteiger partial charge on any atom is 0.0870 e. The zero-order valence-electron chi connectivity index (χ0n) is 8.61. The number of alkyl halides is 2. The van der Waals surface area contributed by atoms with Gasteiger partial charge in [0.1, 0.15) is 0 Å². The van der Waals surface area contributed by atoms with E-state index in [0.717, 1.165) is 17.9 Å². The summed E-state index contributed by atoms with van der Waals surface area (Å²) in [7, 11) is 0. The third-order valence-corrected chi connectivity index (χ3v) is 6.84. The van der Waals surface area contributed by atoms with Crippen LogP contribution in [-0.4, -0.2) is 21.3 Å². The summed E-state index contributed by atoms with van der Waals surface area (Å²) in [5, 5.41) is 1.11. The van der Waals surface area contributed by atoms with Gasteiger partial charge in [0.2, 0.25) is 0 Å². The topological polar surface area (TPSA) is 0 Å². The molecular weight excluding hydrogens is 306 g/mol. The van der Waals surface area contributed by atoms with Gasteiger partial charge in [0.15, 0.2) is 0 Å². The van der Waals surface area contributed by atoms with E-state index in [0.29, 0.717) is 22.4 Å². The van der Waals surface area contributed by atoms with Gasteiger partial charge in [0.25, 0.3) is 0 Å². The Morgan fingerprint density at radius 2 is 2.06 bits per heavy atom. The number of rotatable bonds is 4. The highest BCUT2D eigenvalue weighted by atomic mass is 35.5. The molecule has 0 aliphatic heterocycles. The second kappa shape index (κ2) is 4.59. The fraction of sp³-hybridized carbons (Fsp3) is 0.636. The third-order valence-electron chi connectivity index (χ3n) is 3.26. The molecule has 0 aromatic heterocycles. The molecule has 90 valence electrons. The summed E-state index contributed by atoms with van der Waals surface area (Å²) in [6.45, 7) is 3.69. The fourth-order valence-corrected chi connectivity index (χ4v) is 5.39. The highest BCUT2D eigenvalue weighted by molar-refractivity contribution is 7.99. The summed E-state index contributed by atoms with van der Waals surface area (Å²) >= 11 is 27.2. The smallest absolute Gasteiger partial charge is 0.0870 e. The summed E-state index contributed by atoms with van der Waals surface area (Å²) < 4.78 is 0. The van der Waals surface area contributed by atoms with Crippen LogP contribution >= 0.6 is 58.2 Å². The van der Waals surface area contributed by atoms with Gasteiger partial charge in [-0.2, -0.15) is 11.8 Å². The molecule has 0 saturated heterocycles. The van der Waals surface area contributed by atoms with Crippen molar-refractivity contribution >= 4 is 58.2 Å². The van der Waals surface area contributed by atoms with Crippen LogP contribution in [0.5, 0.6) is 0 Å². The van der Waals surface area contributed by atoms with E-state index in [1.807, 2.05) is 6.08 Å². The molecular formula is C11H12Cl4S. The van der Waals surface area contributed by atoms with Crippen molar-refractivity contribution in [1.29, 1.82) is 0 Å². The first-order valence-electron chi connectivity index (χ1n) is 5.07. The van der Waals surface area contributed by atoms with Crippen LogP contribution in [0.1, 0.15) is 12.8 Å². The number of halogens is 4. The molecule has 3 unspecified atom stereocenters. The number of thioether (sulfide) groups is 1. The van der Waals surface area contributed by atoms with Crippen LogP contribution in [-0.2, 0) is 0 Å². The average Bonchev–Trinajstić information content (AvgIpc) is 2.58. The van der Waals surface area contributed by atoms with Crippen molar-refractivity contribution in [2.75, 3.05) is 11.5 Å². The van der Waals surface area contributed by atoms with Gasteiger partial charge in [-0.3, -0.25) is 0 Å². The van der Waals surface area contributed by atoms with E-state index in [4.69, 9.17) is 46.4 Å². The maximum absolute atomic E-state index is 6.58. The molecule has 2 aliphatic carbocycles. The van der Waals surface area contributed by atoms with Crippen LogP contribution in [0.25, 0.3) is 0 Å². The molecule has 0 amide bonds. The molecule has 1 fully saturated rings. The molecule has 0 nitrogen and oxygen atoms in total. The monoisotopic (exact) mass is 316 g/mol. The normalized spacial score (nSPS) is 41.9. The predicted octanol–water partition coefficient (Wildman–Crippen LogP) is 4.97. The molecule has 0 N–H and O–H groups in total. The Morgan fingerprint density at radius 1 is 1.38 bits per heavy atom. The highest BCUT2D eigenvalue weighted by Crippen LogP contribution is 2.65. The third kappa shape index (κ3) is 1.93. The predicted molar refractivity (Wildman–Crippen MR) is 76.1 cm³/mol. The van der Waals surface area contributed by atoms with Gasteiger partial charge in [-0.1, -0.05) is 29.3 Å². The number of fused-ring (bicyclic) bond motifs is 2. The number of hydrogen-bond acceptors (Lipinski definition) is 1. The van der Waals surface area contributed by atoms with Gasteiger partial charge in [-0.25, -0.2) is 0 Å². The zero-order valence-corrected chi connectivity index (χ0v) is 12.5. The Balaban J connectivity index is 2.14. The van der Waals surface area contributed by atoms with E-state index in [2.05, 4.69) is 6.58 Å². The number of allylic oxidation sites excluding steroid dienone is 2. The molecule has 0 spiro atoms. The lowest BCUT2D eigenvalue weighted by atomic mass is 9.94. The van der Waals surface area contributed by atoms with Gasteiger partial charge in [-0.15, -0.1) is 29.8 Å². The van der Waals surface area contributed by atoms with Crippen molar-refractivity contribution < 1.29 is 0 Å². The molecule has 16 heavy (non-hydrogen) atoms. The molecule has 0 radical (unpaired) electrons. The highest BCUT2D eigenvalue weighted by Gasteiger charge is 2.62. The molecule has 0 heterocycles. The summed E-state index contributed by atoms with van der Waals surface area (Å²) in [4.78, 5) is -1.05. The van der Waals surface area contributed by atoms with Crippen LogP contribution in [0.15, 0.2) is 22.7 Å². The molecule has 2 rings (SSSR count). The Hall–Kier alpha value is 0.990. The molecule has 3 atom stereocenters. The standard InChI is InChI=1S/C11H12Cl4S/c1-2-3-16-5-7-4-10(14)6-11(7,15)9(13)8(10)12/h2,7H,1,3-6H2. The van der Waals surface area contributed by atoms with E-state index in [-0.39, 0.29) is 0 Å². The van der Waals surface area contributed by atoms with Crippen LogP contribution in [0.4, 0.5) is 0 Å². The largest absolute Gasteiger partial charge is 0.157 e. The lowest BCUT2D eigenvalue weighted by Crippen LogP contribution is -2.29. The summed E-state index contributed by atoms with van der Waals surface area (Å²) in [6.07, 6.45) is 3.36. The van der Waals surface area contributed by atoms with Crippen molar-refractivity contribution in [3.05, 3.63) is 22.7 Å². The summed E-state index contributed by atoms with van der Waals surface area (Å²) in [5.74, 6) is 2.17. The van der Waals surface area contributed by atoms with E-state index < -0.39 is 9.75 Å². The second-order valence-corrected chi connectivity index (χ2v) is 7.59. The molecule has 0 aromatic rings. The molecule has 1 saturated carbocycles. The average molecular weight is 318 g/mol. The zero-order chi connectivity index (χ0) is 12.0. The second-order valence-electron chi connectivity index (χ2n) is 4.36. The summed E-state index contributed by atoms with van der Waals surface area (Å²) in [5.41, 5.74) is 0. The van der Waals surface area contributed by atoms with Crippen molar-refractivity contribution in [1.82, 2.24) is 0 Å². The SMILES string of the molecule is C=CCSCC1CC2(Cl)CC1(Cl)C(Cl)=C2Cl. The fourth-order valence-electron chi connectivity index (χ4n) is 2.46. The lowest BCUT2D eigenvalue weighted by molar-refractivity contribution is 0.524. The number of hydrogen-bond donors (Lipinski definition) is 0. The quantitative estimate of drug-likeness (QED) is 0.400. The minimum atomic E-state index is -0.533. The van der Waals surface area contributed by atoms with Gasteiger partial charge in [0.05, 0.1) is 19.8 Å². The van der Waals surface area contributed by atoms with Crippen LogP contribution in [0, 0.1) is 5.92 Å². The van der Waals surface area contributed by atoms with Crippen molar-refractivity contribution in [3.8, 4) is 0 Å². The molecule has 2 aliphatic rings. The van der Waals surface area contributed by atoms with Crippen molar-refractivity contribution in [2.24, 2.45) is 5.92 Å². The van der Waals surface area contributed by atoms with Crippen LogP contribution in [0.2, 0.25) is 0 Å². The van der Waals surface area contributed by atoms with Crippen LogP contribution < -0.4 is 0 Å². The Bertz CT molecular complexity index is 354. The van der Waals surface area contributed by atoms with Gasteiger partial charge >= 0.3 is 0 Å². The first-order valence-corrected chi connectivity index (χ1v) is 7.73.